The van der Waals surface area contributed by atoms with Crippen molar-refractivity contribution in [3.05, 3.63) is 55.7 Å². The van der Waals surface area contributed by atoms with Crippen LogP contribution in [0.5, 0.6) is 5.88 Å². The summed E-state index contributed by atoms with van der Waals surface area (Å²) in [7, 11) is 0. The van der Waals surface area contributed by atoms with E-state index in [9.17, 15) is 14.7 Å². The van der Waals surface area contributed by atoms with Crippen LogP contribution in [0.25, 0.3) is 5.69 Å². The number of hydrogen-bond acceptors (Lipinski definition) is 5. The summed E-state index contributed by atoms with van der Waals surface area (Å²) < 4.78 is 1.06. The Balaban J connectivity index is 1.93. The van der Waals surface area contributed by atoms with E-state index in [-0.39, 0.29) is 5.56 Å². The average Bonchev–Trinajstić information content (AvgIpc) is 2.68. The predicted molar refractivity (Wildman–Crippen MR) is 111 cm³/mol. The molecule has 0 saturated carbocycles. The maximum Gasteiger partial charge on any atom is 0.335 e. The molecule has 8 heteroatoms. The number of aliphatic imine (C=N–C) groups is 1. The molecule has 1 saturated heterocycles. The lowest BCUT2D eigenvalue weighted by Crippen LogP contribution is -2.34. The van der Waals surface area contributed by atoms with Crippen LogP contribution in [0.15, 0.2) is 38.8 Å². The van der Waals surface area contributed by atoms with Crippen molar-refractivity contribution in [3.63, 3.8) is 0 Å². The topological polar surface area (TPSA) is 90.7 Å². The van der Waals surface area contributed by atoms with Crippen LogP contribution in [0, 0.1) is 0 Å². The third-order valence-corrected chi connectivity index (χ3v) is 5.21. The maximum absolute atomic E-state index is 12.4. The second-order valence-corrected chi connectivity index (χ2v) is 7.29. The van der Waals surface area contributed by atoms with Gasteiger partial charge in [-0.15, -0.1) is 0 Å². The van der Waals surface area contributed by atoms with Crippen molar-refractivity contribution in [2.45, 2.75) is 32.6 Å². The number of aromatic amines is 1. The molecule has 7 nitrogen and oxygen atoms in total. The summed E-state index contributed by atoms with van der Waals surface area (Å²) in [4.78, 5) is 33.9. The van der Waals surface area contributed by atoms with Gasteiger partial charge in [-0.25, -0.2) is 9.36 Å². The number of rotatable bonds is 6. The fourth-order valence-corrected chi connectivity index (χ4v) is 3.62. The van der Waals surface area contributed by atoms with E-state index < -0.39 is 17.1 Å². The molecule has 150 valence electrons. The van der Waals surface area contributed by atoms with Gasteiger partial charge in [-0.1, -0.05) is 24.9 Å². The molecule has 2 aromatic rings. The number of nitrogens with zero attached hydrogens (tertiary/aromatic N) is 3. The van der Waals surface area contributed by atoms with Gasteiger partial charge in [0.2, 0.25) is 5.88 Å². The highest BCUT2D eigenvalue weighted by Crippen LogP contribution is 2.20. The van der Waals surface area contributed by atoms with E-state index in [1.165, 1.54) is 19.3 Å². The van der Waals surface area contributed by atoms with Crippen molar-refractivity contribution in [2.24, 2.45) is 4.99 Å². The van der Waals surface area contributed by atoms with Crippen LogP contribution in [0.4, 0.5) is 0 Å². The SMILES string of the molecule is CCC(=NCCN1CCCCC1)c1c(O)n(-c2ccc(Cl)cc2)c(=O)[nH]c1=O. The number of nitrogens with one attached hydrogen (secondary N) is 1. The minimum absolute atomic E-state index is 0.0377. The van der Waals surface area contributed by atoms with E-state index in [0.29, 0.717) is 29.4 Å². The van der Waals surface area contributed by atoms with Crippen molar-refractivity contribution in [2.75, 3.05) is 26.2 Å². The Hall–Kier alpha value is -2.38. The molecular weight excluding hydrogens is 380 g/mol. The first-order chi connectivity index (χ1) is 13.5. The molecule has 0 amide bonds. The molecule has 0 atom stereocenters. The molecule has 0 radical (unpaired) electrons. The van der Waals surface area contributed by atoms with Crippen LogP contribution in [0.3, 0.4) is 0 Å². The summed E-state index contributed by atoms with van der Waals surface area (Å²) in [5.41, 5.74) is -0.411. The Morgan fingerprint density at radius 2 is 1.86 bits per heavy atom. The lowest BCUT2D eigenvalue weighted by molar-refractivity contribution is 0.235. The number of aromatic hydroxyl groups is 1. The van der Waals surface area contributed by atoms with E-state index in [2.05, 4.69) is 14.9 Å². The fraction of sp³-hybridized carbons (Fsp3) is 0.450. The summed E-state index contributed by atoms with van der Waals surface area (Å²) in [6.45, 7) is 5.38. The van der Waals surface area contributed by atoms with Crippen molar-refractivity contribution in [1.29, 1.82) is 0 Å². The van der Waals surface area contributed by atoms with Gasteiger partial charge in [0.25, 0.3) is 5.56 Å². The number of aromatic nitrogens is 2. The van der Waals surface area contributed by atoms with Gasteiger partial charge in [0, 0.05) is 11.6 Å². The smallest absolute Gasteiger partial charge is 0.335 e. The van der Waals surface area contributed by atoms with Crippen LogP contribution in [0.2, 0.25) is 5.02 Å². The Kier molecular flexibility index (Phi) is 6.70. The second kappa shape index (κ2) is 9.21. The molecule has 0 unspecified atom stereocenters. The zero-order valence-electron chi connectivity index (χ0n) is 15.9. The Bertz CT molecular complexity index is 957. The van der Waals surface area contributed by atoms with Gasteiger partial charge in [-0.05, 0) is 56.6 Å². The van der Waals surface area contributed by atoms with Gasteiger partial charge < -0.3 is 10.0 Å². The lowest BCUT2D eigenvalue weighted by atomic mass is 10.1. The molecule has 0 spiro atoms. The summed E-state index contributed by atoms with van der Waals surface area (Å²) >= 11 is 5.90. The quantitative estimate of drug-likeness (QED) is 0.724. The number of H-pyrrole nitrogens is 1. The summed E-state index contributed by atoms with van der Waals surface area (Å²) in [6.07, 6.45) is 4.15. The molecule has 2 N–H and O–H groups in total. The summed E-state index contributed by atoms with van der Waals surface area (Å²) in [5.74, 6) is -0.408. The first kappa shape index (κ1) is 20.4. The summed E-state index contributed by atoms with van der Waals surface area (Å²) in [6, 6.07) is 6.43. The minimum atomic E-state index is -0.711. The molecule has 1 aromatic heterocycles. The van der Waals surface area contributed by atoms with Gasteiger partial charge in [-0.3, -0.25) is 14.8 Å². The lowest BCUT2D eigenvalue weighted by Gasteiger charge is -2.25. The van der Waals surface area contributed by atoms with E-state index >= 15 is 0 Å². The normalized spacial score (nSPS) is 15.7. The number of halogens is 1. The first-order valence-electron chi connectivity index (χ1n) is 9.61. The molecule has 1 aliphatic heterocycles. The van der Waals surface area contributed by atoms with Crippen LogP contribution in [-0.2, 0) is 0 Å². The minimum Gasteiger partial charge on any atom is -0.493 e. The Morgan fingerprint density at radius 1 is 1.18 bits per heavy atom. The van der Waals surface area contributed by atoms with E-state index in [1.807, 2.05) is 6.92 Å². The van der Waals surface area contributed by atoms with Gasteiger partial charge in [-0.2, -0.15) is 0 Å². The van der Waals surface area contributed by atoms with Crippen LogP contribution in [-0.4, -0.2) is 51.4 Å². The van der Waals surface area contributed by atoms with Crippen molar-refractivity contribution < 1.29 is 5.11 Å². The van der Waals surface area contributed by atoms with Crippen molar-refractivity contribution in [1.82, 2.24) is 14.5 Å². The fourth-order valence-electron chi connectivity index (χ4n) is 3.49. The number of likely N-dealkylation sites (tertiary alicyclic amines) is 1. The summed E-state index contributed by atoms with van der Waals surface area (Å²) in [5, 5.41) is 11.3. The molecule has 0 bridgehead atoms. The van der Waals surface area contributed by atoms with E-state index in [0.717, 1.165) is 24.2 Å². The Labute approximate surface area is 168 Å². The standard InChI is InChI=1S/C20H25ClN4O3/c1-2-16(22-10-13-24-11-4-3-5-12-24)17-18(26)23-20(28)25(19(17)27)15-8-6-14(21)7-9-15/h6-9,27H,2-5,10-13H2,1H3,(H,23,26,28). The molecule has 1 aliphatic rings. The average molecular weight is 405 g/mol. The number of piperidine rings is 1. The molecule has 1 fully saturated rings. The molecule has 2 heterocycles. The largest absolute Gasteiger partial charge is 0.493 e. The zero-order chi connectivity index (χ0) is 20.1. The highest BCUT2D eigenvalue weighted by molar-refractivity contribution is 6.30. The highest BCUT2D eigenvalue weighted by Gasteiger charge is 2.19. The van der Waals surface area contributed by atoms with E-state index in [1.54, 1.807) is 24.3 Å². The van der Waals surface area contributed by atoms with Gasteiger partial charge in [0.15, 0.2) is 0 Å². The molecule has 0 aliphatic carbocycles. The van der Waals surface area contributed by atoms with Gasteiger partial charge in [0.05, 0.1) is 17.9 Å². The van der Waals surface area contributed by atoms with Crippen molar-refractivity contribution in [3.8, 4) is 11.6 Å². The number of benzene rings is 1. The maximum atomic E-state index is 12.4. The monoisotopic (exact) mass is 404 g/mol. The highest BCUT2D eigenvalue weighted by atomic mass is 35.5. The van der Waals surface area contributed by atoms with E-state index in [4.69, 9.17) is 11.6 Å². The molecule has 28 heavy (non-hydrogen) atoms. The van der Waals surface area contributed by atoms with Crippen LogP contribution < -0.4 is 11.2 Å². The second-order valence-electron chi connectivity index (χ2n) is 6.85. The Morgan fingerprint density at radius 3 is 2.50 bits per heavy atom. The number of hydrogen-bond donors (Lipinski definition) is 2. The third-order valence-electron chi connectivity index (χ3n) is 4.96. The predicted octanol–water partition coefficient (Wildman–Crippen LogP) is 2.57. The van der Waals surface area contributed by atoms with Crippen LogP contribution >= 0.6 is 11.6 Å². The molecular formula is C20H25ClN4O3. The van der Waals surface area contributed by atoms with Gasteiger partial charge >= 0.3 is 5.69 Å². The first-order valence-corrected chi connectivity index (χ1v) is 9.99. The zero-order valence-corrected chi connectivity index (χ0v) is 16.7. The molecule has 3 rings (SSSR count). The third kappa shape index (κ3) is 4.54. The van der Waals surface area contributed by atoms with Crippen LogP contribution in [0.1, 0.15) is 38.2 Å². The van der Waals surface area contributed by atoms with Crippen molar-refractivity contribution >= 4 is 17.3 Å². The molecule has 1 aromatic carbocycles. The van der Waals surface area contributed by atoms with Gasteiger partial charge in [0.1, 0.15) is 5.56 Å².